The number of nitrogens with one attached hydrogen (secondary N) is 3. The van der Waals surface area contributed by atoms with Crippen molar-refractivity contribution in [2.45, 2.75) is 73.9 Å². The Morgan fingerprint density at radius 2 is 0.685 bits per heavy atom. The molecule has 0 saturated carbocycles. The third-order valence-corrected chi connectivity index (χ3v) is 10.1. The Hall–Kier alpha value is -3.03. The summed E-state index contributed by atoms with van der Waals surface area (Å²) in [6, 6.07) is 0.560. The van der Waals surface area contributed by atoms with Gasteiger partial charge in [0.05, 0.1) is 39.6 Å². The number of amides is 6. The van der Waals surface area contributed by atoms with Crippen molar-refractivity contribution < 1.29 is 43.0 Å². The van der Waals surface area contributed by atoms with Gasteiger partial charge < -0.3 is 44.9 Å². The van der Waals surface area contributed by atoms with E-state index in [0.717, 1.165) is 0 Å². The van der Waals surface area contributed by atoms with Crippen LogP contribution in [0.25, 0.3) is 0 Å². The van der Waals surface area contributed by atoms with Gasteiger partial charge in [-0.1, -0.05) is 0 Å². The zero-order chi connectivity index (χ0) is 40.0. The van der Waals surface area contributed by atoms with Gasteiger partial charge in [-0.3, -0.25) is 28.8 Å². The third-order valence-electron chi connectivity index (χ3n) is 9.37. The second-order valence-electron chi connectivity index (χ2n) is 15.3. The molecule has 3 N–H and O–H groups in total. The second kappa shape index (κ2) is 18.3. The number of hydrogen-bond acceptors (Lipinski definition) is 12. The average Bonchev–Trinajstić information content (AvgIpc) is 3.13. The predicted octanol–water partition coefficient (Wildman–Crippen LogP) is 0.683. The van der Waals surface area contributed by atoms with E-state index in [-0.39, 0.29) is 34.4 Å². The van der Waals surface area contributed by atoms with E-state index < -0.39 is 50.1 Å². The fraction of sp³-hybridized carbons (Fsp3) is 0.667. The molecule has 1 aromatic carbocycles. The van der Waals surface area contributed by atoms with Crippen molar-refractivity contribution in [3.8, 4) is 0 Å². The number of hydrogen-bond donors (Lipinski definition) is 6. The molecule has 300 valence electrons. The fourth-order valence-corrected chi connectivity index (χ4v) is 6.71. The van der Waals surface area contributed by atoms with Crippen LogP contribution in [0, 0.1) is 0 Å². The lowest BCUT2D eigenvalue weighted by Gasteiger charge is -2.36. The van der Waals surface area contributed by atoms with Gasteiger partial charge in [0.1, 0.15) is 18.1 Å². The summed E-state index contributed by atoms with van der Waals surface area (Å²) >= 11 is 13.9. The number of ether oxygens (including phenoxy) is 3. The quantitative estimate of drug-likeness (QED) is 0.166. The molecule has 15 nitrogen and oxygen atoms in total. The molecule has 0 spiro atoms. The van der Waals surface area contributed by atoms with Crippen LogP contribution in [0.2, 0.25) is 0 Å². The van der Waals surface area contributed by atoms with Crippen molar-refractivity contribution in [2.75, 3.05) is 78.9 Å². The molecule has 3 aliphatic rings. The normalized spacial score (nSPS) is 18.9. The Morgan fingerprint density at radius 3 is 0.870 bits per heavy atom. The molecule has 0 radical (unpaired) electrons. The van der Waals surface area contributed by atoms with Crippen LogP contribution in [0.5, 0.6) is 0 Å². The maximum absolute atomic E-state index is 14.1. The minimum Gasteiger partial charge on any atom is -0.378 e. The zero-order valence-electron chi connectivity index (χ0n) is 31.8. The van der Waals surface area contributed by atoms with E-state index in [4.69, 9.17) is 14.2 Å². The number of morpholine rings is 3. The van der Waals surface area contributed by atoms with Gasteiger partial charge in [0, 0.05) is 70.2 Å². The molecular weight excluding hydrogens is 757 g/mol. The van der Waals surface area contributed by atoms with Gasteiger partial charge in [-0.2, -0.15) is 37.9 Å². The summed E-state index contributed by atoms with van der Waals surface area (Å²) in [4.78, 5) is 87.9. The standard InChI is InChI=1S/C36H54N6O9S3/c1-34(2,52)25(31(46)40-7-13-49-14-8-40)37-28(43)22-19-23(29(44)38-26(35(3,4)53)32(47)41-9-15-50-16-10-41)21-24(20-22)30(45)39-27(36(5,6)54)33(48)42-11-17-51-18-12-42/h19-21,25-27,52-54H,7-18H2,1-6H3,(H,37,43)(H,38,44)(H,39,45). The van der Waals surface area contributed by atoms with Crippen LogP contribution in [0.1, 0.15) is 72.6 Å². The monoisotopic (exact) mass is 810 g/mol. The Bertz CT molecular complexity index is 1360. The molecule has 3 unspecified atom stereocenters. The molecule has 1 aromatic rings. The van der Waals surface area contributed by atoms with E-state index in [1.165, 1.54) is 18.2 Å². The zero-order valence-corrected chi connectivity index (χ0v) is 34.5. The summed E-state index contributed by atoms with van der Waals surface area (Å²) in [6.07, 6.45) is 0. The van der Waals surface area contributed by atoms with Crippen molar-refractivity contribution in [3.63, 3.8) is 0 Å². The van der Waals surface area contributed by atoms with E-state index in [1.807, 2.05) is 0 Å². The summed E-state index contributed by atoms with van der Waals surface area (Å²) in [5, 5.41) is 8.32. The number of nitrogens with zero attached hydrogens (tertiary/aromatic N) is 3. The molecule has 0 aliphatic carbocycles. The molecule has 3 heterocycles. The van der Waals surface area contributed by atoms with Crippen LogP contribution in [0.15, 0.2) is 18.2 Å². The first-order valence-electron chi connectivity index (χ1n) is 18.0. The fourth-order valence-electron chi connectivity index (χ4n) is 6.18. The highest BCUT2D eigenvalue weighted by atomic mass is 32.1. The summed E-state index contributed by atoms with van der Waals surface area (Å²) < 4.78 is 13.1. The van der Waals surface area contributed by atoms with Crippen molar-refractivity contribution in [1.82, 2.24) is 30.7 Å². The van der Waals surface area contributed by atoms with E-state index in [1.54, 1.807) is 56.2 Å². The van der Waals surface area contributed by atoms with E-state index >= 15 is 0 Å². The van der Waals surface area contributed by atoms with Gasteiger partial charge in [-0.15, -0.1) is 0 Å². The topological polar surface area (TPSA) is 176 Å². The Kier molecular flexibility index (Phi) is 14.8. The number of carbonyl (C=O) groups excluding carboxylic acids is 6. The number of carbonyl (C=O) groups is 6. The molecule has 54 heavy (non-hydrogen) atoms. The van der Waals surface area contributed by atoms with Gasteiger partial charge in [-0.05, 0) is 59.7 Å². The maximum Gasteiger partial charge on any atom is 0.252 e. The molecule has 3 atom stereocenters. The Balaban J connectivity index is 1.71. The molecule has 0 bridgehead atoms. The van der Waals surface area contributed by atoms with Gasteiger partial charge in [-0.25, -0.2) is 0 Å². The molecule has 4 rings (SSSR count). The summed E-state index contributed by atoms with van der Waals surface area (Å²) in [5.74, 6) is -3.34. The second-order valence-corrected chi connectivity index (χ2v) is 18.8. The number of rotatable bonds is 12. The molecule has 3 saturated heterocycles. The SMILES string of the molecule is CC(C)(S)C(NC(=O)c1cc(C(=O)NC(C(=O)N2CCOCC2)C(C)(C)S)cc(C(=O)NC(C(=O)N2CCOCC2)C(C)(C)S)c1)C(=O)N1CCOCC1. The van der Waals surface area contributed by atoms with Gasteiger partial charge >= 0.3 is 0 Å². The first kappa shape index (κ1) is 43.7. The first-order chi connectivity index (χ1) is 25.2. The summed E-state index contributed by atoms with van der Waals surface area (Å²) in [6.45, 7) is 14.3. The molecule has 3 aliphatic heterocycles. The van der Waals surface area contributed by atoms with Crippen LogP contribution < -0.4 is 16.0 Å². The van der Waals surface area contributed by atoms with E-state index in [9.17, 15) is 28.8 Å². The molecule has 3 fully saturated rings. The van der Waals surface area contributed by atoms with E-state index in [2.05, 4.69) is 53.8 Å². The van der Waals surface area contributed by atoms with Crippen molar-refractivity contribution >= 4 is 73.3 Å². The minimum atomic E-state index is -1.10. The summed E-state index contributed by atoms with van der Waals surface area (Å²) in [5.41, 5.74) is -0.354. The van der Waals surface area contributed by atoms with E-state index in [0.29, 0.717) is 78.9 Å². The molecule has 18 heteroatoms. The van der Waals surface area contributed by atoms with Gasteiger partial charge in [0.2, 0.25) is 17.7 Å². The summed E-state index contributed by atoms with van der Waals surface area (Å²) in [7, 11) is 0. The Morgan fingerprint density at radius 1 is 0.481 bits per heavy atom. The average molecular weight is 811 g/mol. The van der Waals surface area contributed by atoms with Gasteiger partial charge in [0.25, 0.3) is 17.7 Å². The molecule has 6 amide bonds. The van der Waals surface area contributed by atoms with Crippen molar-refractivity contribution in [3.05, 3.63) is 34.9 Å². The number of thiol groups is 3. The predicted molar refractivity (Wildman–Crippen MR) is 212 cm³/mol. The Labute approximate surface area is 333 Å². The highest BCUT2D eigenvalue weighted by Crippen LogP contribution is 2.25. The third kappa shape index (κ3) is 11.5. The minimum absolute atomic E-state index is 0.118. The van der Waals surface area contributed by atoms with Crippen LogP contribution in [0.3, 0.4) is 0 Å². The number of benzene rings is 1. The highest BCUT2D eigenvalue weighted by Gasteiger charge is 2.40. The van der Waals surface area contributed by atoms with Gasteiger partial charge in [0.15, 0.2) is 0 Å². The lowest BCUT2D eigenvalue weighted by molar-refractivity contribution is -0.138. The molecule has 0 aromatic heterocycles. The van der Waals surface area contributed by atoms with Crippen LogP contribution in [-0.4, -0.2) is 161 Å². The lowest BCUT2D eigenvalue weighted by atomic mass is 9.97. The molecular formula is C36H54N6O9S3. The maximum atomic E-state index is 14.1. The van der Waals surface area contributed by atoms with Crippen LogP contribution in [-0.2, 0) is 28.6 Å². The van der Waals surface area contributed by atoms with Crippen molar-refractivity contribution in [1.29, 1.82) is 0 Å². The van der Waals surface area contributed by atoms with Crippen LogP contribution in [0.4, 0.5) is 0 Å². The van der Waals surface area contributed by atoms with Crippen LogP contribution >= 0.6 is 37.9 Å². The first-order valence-corrected chi connectivity index (χ1v) is 19.4. The lowest BCUT2D eigenvalue weighted by Crippen LogP contribution is -2.58. The van der Waals surface area contributed by atoms with Crippen molar-refractivity contribution in [2.24, 2.45) is 0 Å². The smallest absolute Gasteiger partial charge is 0.252 e. The highest BCUT2D eigenvalue weighted by molar-refractivity contribution is 7.82. The largest absolute Gasteiger partial charge is 0.378 e.